The van der Waals surface area contributed by atoms with Crippen molar-refractivity contribution in [2.24, 2.45) is 0 Å². The molecule has 1 aliphatic heterocycles. The number of carboxylic acid groups (broad SMARTS) is 1. The minimum absolute atomic E-state index is 0.00373. The van der Waals surface area contributed by atoms with Gasteiger partial charge in [-0.15, -0.1) is 11.3 Å². The third kappa shape index (κ3) is 4.21. The first kappa shape index (κ1) is 21.9. The fourth-order valence-electron chi connectivity index (χ4n) is 3.95. The summed E-state index contributed by atoms with van der Waals surface area (Å²) in [7, 11) is 0. The monoisotopic (exact) mass is 451 g/mol. The lowest BCUT2D eigenvalue weighted by Crippen LogP contribution is -2.22. The largest absolute Gasteiger partial charge is 0.490 e. The fourth-order valence-corrected chi connectivity index (χ4v) is 5.19. The number of aromatic carboxylic acids is 1. The number of nitrogens with one attached hydrogen (secondary N) is 1. The van der Waals surface area contributed by atoms with Crippen LogP contribution in [0, 0.1) is 0 Å². The van der Waals surface area contributed by atoms with Crippen molar-refractivity contribution in [2.45, 2.75) is 39.2 Å². The number of hydrogen-bond donors (Lipinski definition) is 2. The van der Waals surface area contributed by atoms with Gasteiger partial charge in [-0.05, 0) is 44.0 Å². The summed E-state index contributed by atoms with van der Waals surface area (Å²) in [5.74, 6) is -0.161. The van der Waals surface area contributed by atoms with Gasteiger partial charge in [0.2, 0.25) is 5.91 Å². The molecule has 1 aromatic heterocycles. The molecule has 7 heteroatoms. The van der Waals surface area contributed by atoms with Crippen LogP contribution in [0.2, 0.25) is 0 Å². The highest BCUT2D eigenvalue weighted by Crippen LogP contribution is 2.50. The molecule has 3 aromatic rings. The molecule has 166 valence electrons. The highest BCUT2D eigenvalue weighted by Gasteiger charge is 2.34. The molecule has 0 saturated heterocycles. The second-order valence-corrected chi connectivity index (χ2v) is 8.88. The number of rotatable bonds is 7. The van der Waals surface area contributed by atoms with Crippen LogP contribution in [-0.4, -0.2) is 29.7 Å². The number of amides is 1. The zero-order valence-electron chi connectivity index (χ0n) is 18.2. The summed E-state index contributed by atoms with van der Waals surface area (Å²) in [4.78, 5) is 25.8. The van der Waals surface area contributed by atoms with Crippen molar-refractivity contribution in [2.75, 3.05) is 11.9 Å². The topological polar surface area (TPSA) is 84.9 Å². The van der Waals surface area contributed by atoms with Crippen LogP contribution in [0.3, 0.4) is 0 Å². The summed E-state index contributed by atoms with van der Waals surface area (Å²) >= 11 is 1.22. The summed E-state index contributed by atoms with van der Waals surface area (Å²) in [5, 5.41) is 12.8. The van der Waals surface area contributed by atoms with Gasteiger partial charge in [-0.2, -0.15) is 0 Å². The van der Waals surface area contributed by atoms with Crippen molar-refractivity contribution in [3.05, 3.63) is 63.8 Å². The summed E-state index contributed by atoms with van der Waals surface area (Å²) in [6.45, 7) is 6.29. The summed E-state index contributed by atoms with van der Waals surface area (Å²) < 4.78 is 11.7. The molecule has 2 aromatic carbocycles. The van der Waals surface area contributed by atoms with E-state index in [4.69, 9.17) is 9.47 Å². The van der Waals surface area contributed by atoms with Gasteiger partial charge in [0.1, 0.15) is 4.88 Å². The van der Waals surface area contributed by atoms with E-state index in [0.717, 1.165) is 16.0 Å². The third-order valence-electron chi connectivity index (χ3n) is 5.20. The van der Waals surface area contributed by atoms with E-state index in [0.29, 0.717) is 29.4 Å². The predicted octanol–water partition coefficient (Wildman–Crippen LogP) is 5.77. The molecule has 2 N–H and O–H groups in total. The highest BCUT2D eigenvalue weighted by molar-refractivity contribution is 7.15. The number of benzene rings is 2. The molecule has 0 bridgehead atoms. The van der Waals surface area contributed by atoms with Crippen molar-refractivity contribution < 1.29 is 24.2 Å². The standard InChI is InChI=1S/C25H25NO5S/c1-4-30-19-12-16(10-11-18(19)31-14(2)3)17-13-20(27)26-22-21(15-8-6-5-7-9-15)24(25(28)29)32-23(17)22/h5-12,14,17H,4,13H2,1-3H3,(H,26,27)(H,28,29)/t17-/m0/s1. The van der Waals surface area contributed by atoms with Crippen LogP contribution in [0.4, 0.5) is 5.69 Å². The fraction of sp³-hybridized carbons (Fsp3) is 0.280. The van der Waals surface area contributed by atoms with E-state index in [-0.39, 0.29) is 29.2 Å². The molecular weight excluding hydrogens is 426 g/mol. The molecule has 32 heavy (non-hydrogen) atoms. The van der Waals surface area contributed by atoms with Crippen LogP contribution in [-0.2, 0) is 4.79 Å². The van der Waals surface area contributed by atoms with Gasteiger partial charge in [-0.1, -0.05) is 36.4 Å². The summed E-state index contributed by atoms with van der Waals surface area (Å²) in [6, 6.07) is 15.0. The van der Waals surface area contributed by atoms with Gasteiger partial charge in [0.15, 0.2) is 11.5 Å². The van der Waals surface area contributed by atoms with Gasteiger partial charge in [0.05, 0.1) is 18.4 Å². The minimum atomic E-state index is -1.01. The number of carbonyl (C=O) groups is 2. The Bertz CT molecular complexity index is 1150. The molecule has 1 aliphatic rings. The molecule has 2 heterocycles. The minimum Gasteiger partial charge on any atom is -0.490 e. The lowest BCUT2D eigenvalue weighted by Gasteiger charge is -2.25. The molecule has 6 nitrogen and oxygen atoms in total. The van der Waals surface area contributed by atoms with E-state index in [1.54, 1.807) is 0 Å². The van der Waals surface area contributed by atoms with E-state index in [1.165, 1.54) is 11.3 Å². The zero-order valence-corrected chi connectivity index (χ0v) is 19.0. The van der Waals surface area contributed by atoms with E-state index >= 15 is 0 Å². The summed E-state index contributed by atoms with van der Waals surface area (Å²) in [6.07, 6.45) is 0.229. The van der Waals surface area contributed by atoms with Gasteiger partial charge < -0.3 is 19.9 Å². The number of hydrogen-bond acceptors (Lipinski definition) is 5. The molecule has 4 rings (SSSR count). The average molecular weight is 452 g/mol. The van der Waals surface area contributed by atoms with Crippen LogP contribution in [0.5, 0.6) is 11.5 Å². The van der Waals surface area contributed by atoms with Crippen LogP contribution >= 0.6 is 11.3 Å². The Hall–Kier alpha value is -3.32. The molecule has 0 fully saturated rings. The SMILES string of the molecule is CCOc1cc([C@@H]2CC(=O)Nc3c2sc(C(=O)O)c3-c2ccccc2)ccc1OC(C)C. The molecule has 1 atom stereocenters. The first-order chi connectivity index (χ1) is 15.4. The highest BCUT2D eigenvalue weighted by atomic mass is 32.1. The number of thiophene rings is 1. The third-order valence-corrected chi connectivity index (χ3v) is 6.49. The predicted molar refractivity (Wildman–Crippen MR) is 125 cm³/mol. The lowest BCUT2D eigenvalue weighted by atomic mass is 9.88. The Morgan fingerprint density at radius 3 is 2.59 bits per heavy atom. The van der Waals surface area contributed by atoms with Crippen molar-refractivity contribution in [3.8, 4) is 22.6 Å². The number of carboxylic acids is 1. The second-order valence-electron chi connectivity index (χ2n) is 7.83. The quantitative estimate of drug-likeness (QED) is 0.476. The van der Waals surface area contributed by atoms with Crippen molar-refractivity contribution in [3.63, 3.8) is 0 Å². The second kappa shape index (κ2) is 9.04. The van der Waals surface area contributed by atoms with Crippen LogP contribution in [0.1, 0.15) is 53.2 Å². The first-order valence-electron chi connectivity index (χ1n) is 10.6. The molecule has 0 aliphatic carbocycles. The smallest absolute Gasteiger partial charge is 0.346 e. The van der Waals surface area contributed by atoms with Crippen molar-refractivity contribution in [1.82, 2.24) is 0 Å². The number of ether oxygens (including phenoxy) is 2. The number of carbonyl (C=O) groups excluding carboxylic acids is 1. The molecule has 0 radical (unpaired) electrons. The van der Waals surface area contributed by atoms with Gasteiger partial charge in [-0.3, -0.25) is 4.79 Å². The van der Waals surface area contributed by atoms with E-state index < -0.39 is 5.97 Å². The maximum Gasteiger partial charge on any atom is 0.346 e. The van der Waals surface area contributed by atoms with Crippen molar-refractivity contribution >= 4 is 28.9 Å². The molecule has 0 spiro atoms. The van der Waals surface area contributed by atoms with E-state index in [1.807, 2.05) is 69.3 Å². The van der Waals surface area contributed by atoms with E-state index in [9.17, 15) is 14.7 Å². The van der Waals surface area contributed by atoms with Gasteiger partial charge >= 0.3 is 5.97 Å². The molecule has 1 amide bonds. The molecular formula is C25H25NO5S. The van der Waals surface area contributed by atoms with Crippen molar-refractivity contribution in [1.29, 1.82) is 0 Å². The Balaban J connectivity index is 1.85. The summed E-state index contributed by atoms with van der Waals surface area (Å²) in [5.41, 5.74) is 2.79. The normalized spacial score (nSPS) is 15.2. The Morgan fingerprint density at radius 2 is 1.94 bits per heavy atom. The maximum atomic E-state index is 12.7. The van der Waals surface area contributed by atoms with Gasteiger partial charge in [-0.25, -0.2) is 4.79 Å². The zero-order chi connectivity index (χ0) is 22.8. The number of fused-ring (bicyclic) bond motifs is 1. The maximum absolute atomic E-state index is 12.7. The average Bonchev–Trinajstić information content (AvgIpc) is 3.14. The van der Waals surface area contributed by atoms with Crippen LogP contribution in [0.25, 0.3) is 11.1 Å². The van der Waals surface area contributed by atoms with Gasteiger partial charge in [0, 0.05) is 22.8 Å². The molecule has 0 unspecified atom stereocenters. The number of anilines is 1. The Kier molecular flexibility index (Phi) is 6.19. The Morgan fingerprint density at radius 1 is 1.19 bits per heavy atom. The lowest BCUT2D eigenvalue weighted by molar-refractivity contribution is -0.116. The van der Waals surface area contributed by atoms with E-state index in [2.05, 4.69) is 5.32 Å². The van der Waals surface area contributed by atoms with Gasteiger partial charge in [0.25, 0.3) is 0 Å². The first-order valence-corrected chi connectivity index (χ1v) is 11.4. The molecule has 0 saturated carbocycles. The van der Waals surface area contributed by atoms with Crippen LogP contribution in [0.15, 0.2) is 48.5 Å². The Labute approximate surface area is 190 Å². The van der Waals surface area contributed by atoms with Crippen LogP contribution < -0.4 is 14.8 Å².